The third-order valence-corrected chi connectivity index (χ3v) is 3.50. The maximum atomic E-state index is 12.2. The van der Waals surface area contributed by atoms with Crippen molar-refractivity contribution in [1.29, 1.82) is 0 Å². The molecule has 0 saturated carbocycles. The zero-order chi connectivity index (χ0) is 16.9. The average molecular weight is 346 g/mol. The van der Waals surface area contributed by atoms with Crippen LogP contribution < -0.4 is 10.1 Å². The first-order chi connectivity index (χ1) is 10.1. The van der Waals surface area contributed by atoms with Crippen LogP contribution in [0.5, 0.6) is 5.75 Å². The van der Waals surface area contributed by atoms with Crippen molar-refractivity contribution in [2.75, 3.05) is 26.7 Å². The lowest BCUT2D eigenvalue weighted by Crippen LogP contribution is -2.37. The Morgan fingerprint density at radius 1 is 1.45 bits per heavy atom. The molecule has 0 unspecified atom stereocenters. The molecule has 1 heterocycles. The van der Waals surface area contributed by atoms with E-state index in [-0.39, 0.29) is 23.7 Å². The van der Waals surface area contributed by atoms with E-state index in [0.717, 1.165) is 16.2 Å². The SMILES string of the molecule is Cc1cc(OC(F)F)c(C(=O)NCCN(C)CC(F)(F)F)s1. The zero-order valence-corrected chi connectivity index (χ0v) is 12.7. The Morgan fingerprint density at radius 3 is 2.64 bits per heavy atom. The van der Waals surface area contributed by atoms with Gasteiger partial charge in [0.2, 0.25) is 0 Å². The lowest BCUT2D eigenvalue weighted by atomic mass is 10.3. The Labute approximate surface area is 127 Å². The molecule has 0 radical (unpaired) electrons. The Kier molecular flexibility index (Phi) is 6.54. The van der Waals surface area contributed by atoms with Crippen LogP contribution in [0.15, 0.2) is 6.07 Å². The van der Waals surface area contributed by atoms with Crippen LogP contribution in [0.3, 0.4) is 0 Å². The highest BCUT2D eigenvalue weighted by Crippen LogP contribution is 2.30. The summed E-state index contributed by atoms with van der Waals surface area (Å²) in [4.78, 5) is 13.4. The molecule has 10 heteroatoms. The van der Waals surface area contributed by atoms with E-state index in [0.29, 0.717) is 4.88 Å². The Morgan fingerprint density at radius 2 is 2.09 bits per heavy atom. The number of rotatable bonds is 7. The largest absolute Gasteiger partial charge is 0.433 e. The van der Waals surface area contributed by atoms with E-state index in [1.54, 1.807) is 6.92 Å². The summed E-state index contributed by atoms with van der Waals surface area (Å²) in [6, 6.07) is 1.31. The zero-order valence-electron chi connectivity index (χ0n) is 11.8. The molecule has 1 aromatic heterocycles. The number of aryl methyl sites for hydroxylation is 1. The lowest BCUT2D eigenvalue weighted by Gasteiger charge is -2.18. The van der Waals surface area contributed by atoms with Gasteiger partial charge in [-0.1, -0.05) is 0 Å². The maximum Gasteiger partial charge on any atom is 0.401 e. The van der Waals surface area contributed by atoms with Gasteiger partial charge in [0.15, 0.2) is 0 Å². The van der Waals surface area contributed by atoms with Gasteiger partial charge in [0.1, 0.15) is 10.6 Å². The third-order valence-electron chi connectivity index (χ3n) is 2.47. The van der Waals surface area contributed by atoms with Gasteiger partial charge in [-0.05, 0) is 20.0 Å². The van der Waals surface area contributed by atoms with Gasteiger partial charge in [-0.15, -0.1) is 11.3 Å². The minimum atomic E-state index is -4.32. The lowest BCUT2D eigenvalue weighted by molar-refractivity contribution is -0.142. The predicted molar refractivity (Wildman–Crippen MR) is 71.6 cm³/mol. The van der Waals surface area contributed by atoms with Crippen molar-refractivity contribution in [2.24, 2.45) is 0 Å². The Bertz CT molecular complexity index is 504. The van der Waals surface area contributed by atoms with Crippen molar-refractivity contribution in [3.8, 4) is 5.75 Å². The highest BCUT2D eigenvalue weighted by molar-refractivity contribution is 7.14. The van der Waals surface area contributed by atoms with E-state index in [1.807, 2.05) is 0 Å². The first-order valence-electron chi connectivity index (χ1n) is 6.17. The van der Waals surface area contributed by atoms with Gasteiger partial charge in [0.25, 0.3) is 5.91 Å². The number of carbonyl (C=O) groups excluding carboxylic acids is 1. The van der Waals surface area contributed by atoms with Crippen LogP contribution in [0.2, 0.25) is 0 Å². The molecule has 0 spiro atoms. The van der Waals surface area contributed by atoms with Gasteiger partial charge in [0.05, 0.1) is 6.54 Å². The Balaban J connectivity index is 2.52. The van der Waals surface area contributed by atoms with Crippen molar-refractivity contribution in [3.05, 3.63) is 15.8 Å². The smallest absolute Gasteiger partial charge is 0.401 e. The molecule has 1 N–H and O–H groups in total. The molecule has 126 valence electrons. The number of amides is 1. The number of thiophene rings is 1. The quantitative estimate of drug-likeness (QED) is 0.772. The molecule has 0 aliphatic carbocycles. The fourth-order valence-electron chi connectivity index (χ4n) is 1.66. The first kappa shape index (κ1) is 18.6. The number of hydrogen-bond acceptors (Lipinski definition) is 4. The molecule has 0 aromatic carbocycles. The van der Waals surface area contributed by atoms with Crippen molar-refractivity contribution in [2.45, 2.75) is 19.7 Å². The molecule has 1 rings (SSSR count). The van der Waals surface area contributed by atoms with Crippen LogP contribution in [-0.2, 0) is 0 Å². The average Bonchev–Trinajstić information content (AvgIpc) is 2.66. The second-order valence-corrected chi connectivity index (χ2v) is 5.79. The fraction of sp³-hybridized carbons (Fsp3) is 0.583. The maximum absolute atomic E-state index is 12.2. The number of nitrogens with one attached hydrogen (secondary N) is 1. The summed E-state index contributed by atoms with van der Waals surface area (Å²) < 4.78 is 65.0. The summed E-state index contributed by atoms with van der Waals surface area (Å²) in [7, 11) is 1.26. The summed E-state index contributed by atoms with van der Waals surface area (Å²) in [6.07, 6.45) is -4.32. The molecule has 0 fully saturated rings. The van der Waals surface area contributed by atoms with Crippen molar-refractivity contribution in [1.82, 2.24) is 10.2 Å². The molecule has 4 nitrogen and oxygen atoms in total. The van der Waals surface area contributed by atoms with Crippen LogP contribution in [0.4, 0.5) is 22.0 Å². The van der Waals surface area contributed by atoms with Gasteiger partial charge < -0.3 is 10.1 Å². The number of nitrogens with zero attached hydrogens (tertiary/aromatic N) is 1. The summed E-state index contributed by atoms with van der Waals surface area (Å²) in [5.74, 6) is -0.896. The second-order valence-electron chi connectivity index (χ2n) is 4.54. The number of ether oxygens (including phenoxy) is 1. The summed E-state index contributed by atoms with van der Waals surface area (Å²) in [6.45, 7) is -2.60. The van der Waals surface area contributed by atoms with Gasteiger partial charge in [0, 0.05) is 18.0 Å². The minimum absolute atomic E-state index is 0.0271. The molecule has 0 aliphatic heterocycles. The fourth-order valence-corrected chi connectivity index (χ4v) is 2.52. The highest BCUT2D eigenvalue weighted by atomic mass is 32.1. The minimum Gasteiger partial charge on any atom is -0.433 e. The summed E-state index contributed by atoms with van der Waals surface area (Å²) in [5, 5.41) is 2.38. The first-order valence-corrected chi connectivity index (χ1v) is 6.99. The van der Waals surface area contributed by atoms with Crippen molar-refractivity contribution >= 4 is 17.2 Å². The monoisotopic (exact) mass is 346 g/mol. The topological polar surface area (TPSA) is 41.6 Å². The van der Waals surface area contributed by atoms with Crippen LogP contribution in [0, 0.1) is 6.92 Å². The van der Waals surface area contributed by atoms with Gasteiger partial charge in [-0.25, -0.2) is 0 Å². The molecule has 0 aliphatic rings. The highest BCUT2D eigenvalue weighted by Gasteiger charge is 2.29. The number of carbonyl (C=O) groups is 1. The van der Waals surface area contributed by atoms with E-state index < -0.39 is 25.2 Å². The van der Waals surface area contributed by atoms with Crippen molar-refractivity contribution < 1.29 is 31.5 Å². The van der Waals surface area contributed by atoms with E-state index in [4.69, 9.17) is 0 Å². The third kappa shape index (κ3) is 6.56. The molecule has 0 saturated heterocycles. The second kappa shape index (κ2) is 7.73. The number of likely N-dealkylation sites (N-methyl/N-ethyl adjacent to an activating group) is 1. The van der Waals surface area contributed by atoms with Gasteiger partial charge in [-0.3, -0.25) is 9.69 Å². The number of hydrogen-bond donors (Lipinski definition) is 1. The van der Waals surface area contributed by atoms with Crippen LogP contribution in [0.25, 0.3) is 0 Å². The van der Waals surface area contributed by atoms with Crippen LogP contribution in [0.1, 0.15) is 14.5 Å². The van der Waals surface area contributed by atoms with Gasteiger partial charge in [-0.2, -0.15) is 22.0 Å². The molecule has 0 bridgehead atoms. The predicted octanol–water partition coefficient (Wildman–Crippen LogP) is 2.88. The van der Waals surface area contributed by atoms with E-state index in [9.17, 15) is 26.7 Å². The Hall–Kier alpha value is -1.42. The molecular formula is C12H15F5N2O2S. The molecule has 0 atom stereocenters. The molecule has 22 heavy (non-hydrogen) atoms. The number of alkyl halides is 5. The summed E-state index contributed by atoms with van der Waals surface area (Å²) >= 11 is 0.969. The van der Waals surface area contributed by atoms with Crippen molar-refractivity contribution in [3.63, 3.8) is 0 Å². The van der Waals surface area contributed by atoms with Crippen LogP contribution >= 0.6 is 11.3 Å². The van der Waals surface area contributed by atoms with E-state index in [1.165, 1.54) is 13.1 Å². The van der Waals surface area contributed by atoms with E-state index in [2.05, 4.69) is 10.1 Å². The standard InChI is InChI=1S/C12H15F5N2O2S/c1-7-5-8(21-11(13)14)9(22-7)10(20)18-3-4-19(2)6-12(15,16)17/h5,11H,3-4,6H2,1-2H3,(H,18,20). The molecular weight excluding hydrogens is 331 g/mol. The summed E-state index contributed by atoms with van der Waals surface area (Å²) in [5.41, 5.74) is 0. The number of halogens is 5. The van der Waals surface area contributed by atoms with E-state index >= 15 is 0 Å². The molecule has 1 amide bonds. The van der Waals surface area contributed by atoms with Crippen LogP contribution in [-0.4, -0.2) is 50.3 Å². The molecule has 1 aromatic rings. The normalized spacial score (nSPS) is 12.0. The van der Waals surface area contributed by atoms with Gasteiger partial charge >= 0.3 is 12.8 Å².